The molecule has 2 N–H and O–H groups in total. The summed E-state index contributed by atoms with van der Waals surface area (Å²) in [4.78, 5) is 2.62. The van der Waals surface area contributed by atoms with Crippen LogP contribution in [0, 0.1) is 0 Å². The second-order valence-corrected chi connectivity index (χ2v) is 6.16. The third-order valence-electron chi connectivity index (χ3n) is 3.37. The summed E-state index contributed by atoms with van der Waals surface area (Å²) in [5, 5.41) is 0. The predicted octanol–water partition coefficient (Wildman–Crippen LogP) is 5.17. The van der Waals surface area contributed by atoms with Crippen molar-refractivity contribution in [1.82, 2.24) is 0 Å². The summed E-state index contributed by atoms with van der Waals surface area (Å²) in [6.07, 6.45) is 4.57. The maximum absolute atomic E-state index is 6.17. The van der Waals surface area contributed by atoms with Crippen molar-refractivity contribution >= 4 is 11.3 Å². The van der Waals surface area contributed by atoms with E-state index in [0.29, 0.717) is 0 Å². The third-order valence-corrected chi connectivity index (χ3v) is 4.64. The topological polar surface area (TPSA) is 26.0 Å². The first-order chi connectivity index (χ1) is 9.24. The second-order valence-electron chi connectivity index (χ2n) is 5.04. The average molecular weight is 273 g/mol. The van der Waals surface area contributed by atoms with Gasteiger partial charge >= 0.3 is 0 Å². The first-order valence-corrected chi connectivity index (χ1v) is 8.00. The van der Waals surface area contributed by atoms with Crippen LogP contribution in [0.5, 0.6) is 0 Å². The molecule has 1 aromatic carbocycles. The Hall–Kier alpha value is -1.12. The molecule has 0 bridgehead atoms. The van der Waals surface area contributed by atoms with E-state index in [9.17, 15) is 0 Å². The van der Waals surface area contributed by atoms with E-state index in [-0.39, 0.29) is 6.04 Å². The largest absolute Gasteiger partial charge is 0.323 e. The summed E-state index contributed by atoms with van der Waals surface area (Å²) >= 11 is 1.83. The number of nitrogens with two attached hydrogens (primary N) is 1. The lowest BCUT2D eigenvalue weighted by Gasteiger charge is -2.06. The zero-order valence-corrected chi connectivity index (χ0v) is 12.7. The summed E-state index contributed by atoms with van der Waals surface area (Å²) in [7, 11) is 0. The van der Waals surface area contributed by atoms with Crippen LogP contribution in [-0.2, 0) is 6.42 Å². The van der Waals surface area contributed by atoms with E-state index in [4.69, 9.17) is 5.73 Å². The Morgan fingerprint density at radius 1 is 1.00 bits per heavy atom. The lowest BCUT2D eigenvalue weighted by molar-refractivity contribution is 0.648. The lowest BCUT2D eigenvalue weighted by Crippen LogP contribution is -2.07. The molecule has 1 nitrogen and oxygen atoms in total. The highest BCUT2D eigenvalue weighted by Gasteiger charge is 2.09. The molecule has 19 heavy (non-hydrogen) atoms. The lowest BCUT2D eigenvalue weighted by atomic mass is 10.1. The Kier molecular flexibility index (Phi) is 5.17. The third kappa shape index (κ3) is 3.68. The van der Waals surface area contributed by atoms with Crippen molar-refractivity contribution in [2.45, 2.75) is 45.6 Å². The summed E-state index contributed by atoms with van der Waals surface area (Å²) in [6.45, 7) is 4.40. The van der Waals surface area contributed by atoms with Gasteiger partial charge in [0.15, 0.2) is 0 Å². The van der Waals surface area contributed by atoms with Crippen molar-refractivity contribution in [3.8, 4) is 10.4 Å². The van der Waals surface area contributed by atoms with Crippen LogP contribution in [0.1, 0.15) is 49.6 Å². The Morgan fingerprint density at radius 2 is 1.74 bits per heavy atom. The molecule has 0 spiro atoms. The highest BCUT2D eigenvalue weighted by Crippen LogP contribution is 2.32. The van der Waals surface area contributed by atoms with Crippen molar-refractivity contribution in [2.75, 3.05) is 0 Å². The quantitative estimate of drug-likeness (QED) is 0.772. The molecule has 0 radical (unpaired) electrons. The first-order valence-electron chi connectivity index (χ1n) is 7.19. The minimum absolute atomic E-state index is 0.197. The molecule has 0 saturated carbocycles. The zero-order chi connectivity index (χ0) is 13.7. The monoisotopic (exact) mass is 273 g/mol. The molecule has 1 aromatic heterocycles. The van der Waals surface area contributed by atoms with Gasteiger partial charge in [-0.05, 0) is 36.1 Å². The van der Waals surface area contributed by atoms with E-state index in [0.717, 1.165) is 19.3 Å². The van der Waals surface area contributed by atoms with E-state index in [1.807, 2.05) is 11.3 Å². The fourth-order valence-corrected chi connectivity index (χ4v) is 3.33. The maximum atomic E-state index is 6.17. The van der Waals surface area contributed by atoms with Crippen LogP contribution in [-0.4, -0.2) is 0 Å². The minimum atomic E-state index is 0.197. The minimum Gasteiger partial charge on any atom is -0.323 e. The van der Waals surface area contributed by atoms with Gasteiger partial charge in [-0.1, -0.05) is 51.0 Å². The van der Waals surface area contributed by atoms with Crippen LogP contribution in [0.25, 0.3) is 10.4 Å². The highest BCUT2D eigenvalue weighted by atomic mass is 32.1. The van der Waals surface area contributed by atoms with Crippen molar-refractivity contribution in [3.05, 3.63) is 46.8 Å². The molecule has 2 aromatic rings. The van der Waals surface area contributed by atoms with Gasteiger partial charge in [0.2, 0.25) is 0 Å². The van der Waals surface area contributed by atoms with E-state index < -0.39 is 0 Å². The Morgan fingerprint density at radius 3 is 2.37 bits per heavy atom. The summed E-state index contributed by atoms with van der Waals surface area (Å²) < 4.78 is 0. The average Bonchev–Trinajstić information content (AvgIpc) is 2.90. The molecule has 0 amide bonds. The normalized spacial score (nSPS) is 12.6. The van der Waals surface area contributed by atoms with E-state index >= 15 is 0 Å². The molecule has 102 valence electrons. The molecule has 0 aliphatic rings. The van der Waals surface area contributed by atoms with Gasteiger partial charge in [-0.15, -0.1) is 11.3 Å². The fourth-order valence-electron chi connectivity index (χ4n) is 2.28. The van der Waals surface area contributed by atoms with Gasteiger partial charge in [0.1, 0.15) is 0 Å². The Bertz CT molecular complexity index is 498. The summed E-state index contributed by atoms with van der Waals surface area (Å²) in [5.41, 5.74) is 8.90. The maximum Gasteiger partial charge on any atom is 0.0389 e. The van der Waals surface area contributed by atoms with Crippen LogP contribution < -0.4 is 5.73 Å². The molecule has 0 fully saturated rings. The highest BCUT2D eigenvalue weighted by molar-refractivity contribution is 7.15. The van der Waals surface area contributed by atoms with Crippen LogP contribution in [0.2, 0.25) is 0 Å². The molecular formula is C17H23NS. The Balaban J connectivity index is 2.13. The predicted molar refractivity (Wildman–Crippen MR) is 85.6 cm³/mol. The van der Waals surface area contributed by atoms with E-state index in [1.54, 1.807) is 0 Å². The molecule has 0 aliphatic heterocycles. The second kappa shape index (κ2) is 6.88. The number of benzene rings is 1. The van der Waals surface area contributed by atoms with Crippen LogP contribution in [0.4, 0.5) is 0 Å². The number of rotatable bonds is 6. The molecular weight excluding hydrogens is 250 g/mol. The smallest absolute Gasteiger partial charge is 0.0389 e. The number of aryl methyl sites for hydroxylation is 1. The van der Waals surface area contributed by atoms with Crippen molar-refractivity contribution < 1.29 is 0 Å². The number of thiophene rings is 1. The number of hydrogen-bond donors (Lipinski definition) is 1. The van der Waals surface area contributed by atoms with Crippen LogP contribution in [0.15, 0.2) is 36.4 Å². The molecule has 1 unspecified atom stereocenters. The zero-order valence-electron chi connectivity index (χ0n) is 11.9. The van der Waals surface area contributed by atoms with Crippen molar-refractivity contribution in [3.63, 3.8) is 0 Å². The van der Waals surface area contributed by atoms with Crippen LogP contribution >= 0.6 is 11.3 Å². The van der Waals surface area contributed by atoms with Gasteiger partial charge in [0.05, 0.1) is 0 Å². The Labute approximate surface area is 120 Å². The van der Waals surface area contributed by atoms with Crippen LogP contribution in [0.3, 0.4) is 0 Å². The van der Waals surface area contributed by atoms with Crippen molar-refractivity contribution in [1.29, 1.82) is 0 Å². The standard InChI is InChI=1S/C17H23NS/c1-3-5-13-7-9-14(10-8-13)16-11-12-17(19-16)15(18)6-4-2/h7-12,15H,3-6,18H2,1-2H3. The number of hydrogen-bond acceptors (Lipinski definition) is 2. The van der Waals surface area contributed by atoms with Gasteiger partial charge < -0.3 is 5.73 Å². The summed E-state index contributed by atoms with van der Waals surface area (Å²) in [5.74, 6) is 0. The van der Waals surface area contributed by atoms with Gasteiger partial charge in [-0.25, -0.2) is 0 Å². The van der Waals surface area contributed by atoms with E-state index in [2.05, 4.69) is 50.2 Å². The van der Waals surface area contributed by atoms with Crippen molar-refractivity contribution in [2.24, 2.45) is 5.73 Å². The molecule has 2 heteroatoms. The fraction of sp³-hybridized carbons (Fsp3) is 0.412. The van der Waals surface area contributed by atoms with Gasteiger partial charge in [0, 0.05) is 15.8 Å². The molecule has 1 atom stereocenters. The molecule has 0 aliphatic carbocycles. The SMILES string of the molecule is CCCc1ccc(-c2ccc(C(N)CCC)s2)cc1. The van der Waals surface area contributed by atoms with Gasteiger partial charge in [0.25, 0.3) is 0 Å². The van der Waals surface area contributed by atoms with Gasteiger partial charge in [-0.3, -0.25) is 0 Å². The molecule has 0 saturated heterocycles. The first kappa shape index (κ1) is 14.3. The molecule has 2 rings (SSSR count). The summed E-state index contributed by atoms with van der Waals surface area (Å²) in [6, 6.07) is 13.5. The van der Waals surface area contributed by atoms with E-state index in [1.165, 1.54) is 27.3 Å². The van der Waals surface area contributed by atoms with Gasteiger partial charge in [-0.2, -0.15) is 0 Å². The molecule has 1 heterocycles.